The van der Waals surface area contributed by atoms with E-state index in [1.165, 1.54) is 0 Å². The Morgan fingerprint density at radius 2 is 1.73 bits per heavy atom. The molecule has 33 heavy (non-hydrogen) atoms. The van der Waals surface area contributed by atoms with Gasteiger partial charge < -0.3 is 5.32 Å². The second kappa shape index (κ2) is 7.38. The van der Waals surface area contributed by atoms with E-state index in [2.05, 4.69) is 5.32 Å². The third kappa shape index (κ3) is 3.01. The molecule has 1 aliphatic carbocycles. The molecule has 3 heterocycles. The van der Waals surface area contributed by atoms with E-state index in [4.69, 9.17) is 4.84 Å². The molecular weight excluding hydrogens is 418 g/mol. The lowest BCUT2D eigenvalue weighted by Gasteiger charge is -2.40. The Bertz CT molecular complexity index is 1280. The Hall–Kier alpha value is -3.78. The second-order valence-electron chi connectivity index (χ2n) is 8.59. The van der Waals surface area contributed by atoms with E-state index in [9.17, 15) is 9.59 Å². The van der Waals surface area contributed by atoms with Gasteiger partial charge in [0.05, 0.1) is 22.6 Å². The minimum atomic E-state index is -0.574. The van der Waals surface area contributed by atoms with Crippen molar-refractivity contribution in [1.29, 1.82) is 0 Å². The summed E-state index contributed by atoms with van der Waals surface area (Å²) in [6.07, 6.45) is 1.32. The molecule has 1 aromatic heterocycles. The number of nitrogens with one attached hydrogen (secondary N) is 1. The normalized spacial score (nSPS) is 19.2. The standard InChI is InChI=1S/C25H25N5O3/c1-3-26-16-9-11-19(12-10-16)30-20-15-21(31)27(2)23-22(20)24(33-30)29(18-13-14-18)25(32)28(23)17-7-5-4-6-8-17/h4-12,15,18,24,26H,3,13-14H2,1-2H3. The average molecular weight is 444 g/mol. The number of para-hydroxylation sites is 1. The summed E-state index contributed by atoms with van der Waals surface area (Å²) in [6.45, 7) is 2.88. The maximum absolute atomic E-state index is 13.8. The van der Waals surface area contributed by atoms with Crippen LogP contribution in [0.25, 0.3) is 0 Å². The van der Waals surface area contributed by atoms with Crippen LogP contribution in [-0.4, -0.2) is 28.1 Å². The first-order chi connectivity index (χ1) is 16.1. The van der Waals surface area contributed by atoms with E-state index in [0.29, 0.717) is 11.5 Å². The number of anilines is 5. The van der Waals surface area contributed by atoms with Crippen LogP contribution in [0.15, 0.2) is 65.5 Å². The molecule has 3 aliphatic rings. The third-order valence-electron chi connectivity index (χ3n) is 6.41. The van der Waals surface area contributed by atoms with Crippen LogP contribution < -0.4 is 20.8 Å². The van der Waals surface area contributed by atoms with E-state index in [0.717, 1.165) is 42.0 Å². The number of pyridine rings is 1. The van der Waals surface area contributed by atoms with E-state index < -0.39 is 6.23 Å². The van der Waals surface area contributed by atoms with Gasteiger partial charge in [-0.3, -0.25) is 14.3 Å². The Morgan fingerprint density at radius 3 is 2.39 bits per heavy atom. The highest BCUT2D eigenvalue weighted by molar-refractivity contribution is 6.03. The highest BCUT2D eigenvalue weighted by atomic mass is 16.7. The van der Waals surface area contributed by atoms with Crippen molar-refractivity contribution < 1.29 is 9.63 Å². The van der Waals surface area contributed by atoms with Gasteiger partial charge in [-0.1, -0.05) is 18.2 Å². The van der Waals surface area contributed by atoms with E-state index in [-0.39, 0.29) is 17.6 Å². The quantitative estimate of drug-likeness (QED) is 0.622. The van der Waals surface area contributed by atoms with Crippen molar-refractivity contribution in [3.05, 3.63) is 76.6 Å². The largest absolute Gasteiger partial charge is 0.385 e. The molecular formula is C25H25N5O3. The molecule has 6 rings (SSSR count). The second-order valence-corrected chi connectivity index (χ2v) is 8.59. The molecule has 0 radical (unpaired) electrons. The number of nitrogens with zero attached hydrogens (tertiary/aromatic N) is 4. The van der Waals surface area contributed by atoms with Gasteiger partial charge in [-0.25, -0.2) is 19.6 Å². The fourth-order valence-electron chi connectivity index (χ4n) is 4.70. The van der Waals surface area contributed by atoms with Gasteiger partial charge in [-0.2, -0.15) is 0 Å². The molecule has 1 fully saturated rings. The monoisotopic (exact) mass is 443 g/mol. The van der Waals surface area contributed by atoms with E-state index >= 15 is 0 Å². The molecule has 1 saturated carbocycles. The smallest absolute Gasteiger partial charge is 0.332 e. The Labute approximate surface area is 191 Å². The highest BCUT2D eigenvalue weighted by Gasteiger charge is 2.52. The van der Waals surface area contributed by atoms with Gasteiger partial charge in [0.25, 0.3) is 5.56 Å². The zero-order valence-corrected chi connectivity index (χ0v) is 18.6. The lowest BCUT2D eigenvalue weighted by Crippen LogP contribution is -2.50. The van der Waals surface area contributed by atoms with Crippen LogP contribution in [-0.2, 0) is 11.9 Å². The summed E-state index contributed by atoms with van der Waals surface area (Å²) < 4.78 is 1.54. The molecule has 1 N–H and O–H groups in total. The number of urea groups is 1. The predicted molar refractivity (Wildman–Crippen MR) is 127 cm³/mol. The fourth-order valence-corrected chi connectivity index (χ4v) is 4.70. The van der Waals surface area contributed by atoms with E-state index in [1.54, 1.807) is 27.6 Å². The van der Waals surface area contributed by atoms with Gasteiger partial charge in [0, 0.05) is 31.4 Å². The number of aromatic nitrogens is 1. The molecule has 0 saturated heterocycles. The third-order valence-corrected chi connectivity index (χ3v) is 6.41. The minimum Gasteiger partial charge on any atom is -0.385 e. The number of hydrogen-bond acceptors (Lipinski definition) is 5. The first-order valence-electron chi connectivity index (χ1n) is 11.3. The Kier molecular flexibility index (Phi) is 4.45. The number of carbonyl (C=O) groups excluding carboxylic acids is 1. The van der Waals surface area contributed by atoms with Crippen LogP contribution in [0.4, 0.5) is 33.4 Å². The number of rotatable bonds is 5. The first-order valence-corrected chi connectivity index (χ1v) is 11.3. The Morgan fingerprint density at radius 1 is 1.00 bits per heavy atom. The summed E-state index contributed by atoms with van der Waals surface area (Å²) in [7, 11) is 1.71. The molecule has 8 nitrogen and oxygen atoms in total. The highest BCUT2D eigenvalue weighted by Crippen LogP contribution is 2.53. The molecule has 0 bridgehead atoms. The van der Waals surface area contributed by atoms with Crippen molar-refractivity contribution >= 4 is 34.6 Å². The number of benzene rings is 2. The number of carbonyl (C=O) groups is 1. The van der Waals surface area contributed by atoms with Gasteiger partial charge in [0.15, 0.2) is 6.23 Å². The van der Waals surface area contributed by atoms with Crippen molar-refractivity contribution in [3.63, 3.8) is 0 Å². The van der Waals surface area contributed by atoms with Gasteiger partial charge in [-0.15, -0.1) is 0 Å². The zero-order valence-electron chi connectivity index (χ0n) is 18.6. The average Bonchev–Trinajstić information content (AvgIpc) is 3.60. The van der Waals surface area contributed by atoms with E-state index in [1.807, 2.05) is 66.4 Å². The van der Waals surface area contributed by atoms with Crippen molar-refractivity contribution in [2.75, 3.05) is 21.8 Å². The predicted octanol–water partition coefficient (Wildman–Crippen LogP) is 4.64. The maximum atomic E-state index is 13.8. The summed E-state index contributed by atoms with van der Waals surface area (Å²) in [5, 5.41) is 4.98. The van der Waals surface area contributed by atoms with Crippen molar-refractivity contribution in [3.8, 4) is 0 Å². The SMILES string of the molecule is CCNc1ccc(N2OC3c4c2cc(=O)n(C)c4N(c2ccccc2)C(=O)N3C2CC2)cc1. The van der Waals surface area contributed by atoms with Crippen LogP contribution in [0.2, 0.25) is 0 Å². The maximum Gasteiger partial charge on any atom is 0.332 e. The van der Waals surface area contributed by atoms with Crippen molar-refractivity contribution in [1.82, 2.24) is 9.47 Å². The zero-order chi connectivity index (χ0) is 22.7. The molecule has 8 heteroatoms. The van der Waals surface area contributed by atoms with Crippen LogP contribution in [0.3, 0.4) is 0 Å². The van der Waals surface area contributed by atoms with Crippen LogP contribution in [0.5, 0.6) is 0 Å². The molecule has 0 spiro atoms. The number of hydrogen-bond donors (Lipinski definition) is 1. The Balaban J connectivity index is 1.54. The van der Waals surface area contributed by atoms with Gasteiger partial charge in [-0.05, 0) is 56.2 Å². The van der Waals surface area contributed by atoms with Crippen LogP contribution in [0, 0.1) is 0 Å². The molecule has 2 amide bonds. The van der Waals surface area contributed by atoms with Gasteiger partial charge in [0.2, 0.25) is 0 Å². The summed E-state index contributed by atoms with van der Waals surface area (Å²) in [5.74, 6) is 0.558. The van der Waals surface area contributed by atoms with Crippen molar-refractivity contribution in [2.45, 2.75) is 32.0 Å². The molecule has 3 aromatic rings. The molecule has 2 aromatic carbocycles. The molecule has 1 unspecified atom stereocenters. The summed E-state index contributed by atoms with van der Waals surface area (Å²) in [6, 6.07) is 18.9. The first kappa shape index (κ1) is 19.9. The fraction of sp³-hybridized carbons (Fsp3) is 0.280. The minimum absolute atomic E-state index is 0.128. The number of amides is 2. The summed E-state index contributed by atoms with van der Waals surface area (Å²) in [4.78, 5) is 36.7. The molecule has 168 valence electrons. The van der Waals surface area contributed by atoms with Crippen LogP contribution >= 0.6 is 0 Å². The van der Waals surface area contributed by atoms with Gasteiger partial charge >= 0.3 is 6.03 Å². The summed E-state index contributed by atoms with van der Waals surface area (Å²) >= 11 is 0. The lowest BCUT2D eigenvalue weighted by molar-refractivity contribution is -0.0282. The van der Waals surface area contributed by atoms with Gasteiger partial charge in [0.1, 0.15) is 5.82 Å². The summed E-state index contributed by atoms with van der Waals surface area (Å²) in [5.41, 5.74) is 3.85. The molecule has 2 aliphatic heterocycles. The van der Waals surface area contributed by atoms with Crippen molar-refractivity contribution in [2.24, 2.45) is 7.05 Å². The topological polar surface area (TPSA) is 70.0 Å². The van der Waals surface area contributed by atoms with Crippen LogP contribution in [0.1, 0.15) is 31.6 Å². The lowest BCUT2D eigenvalue weighted by atomic mass is 10.1. The molecule has 1 atom stereocenters.